The summed E-state index contributed by atoms with van der Waals surface area (Å²) < 4.78 is 26.6. The summed E-state index contributed by atoms with van der Waals surface area (Å²) in [6.45, 7) is 2.38. The normalized spacial score (nSPS) is 11.5. The van der Waals surface area contributed by atoms with E-state index in [1.54, 1.807) is 6.92 Å². The Hall–Kier alpha value is -1.51. The summed E-state index contributed by atoms with van der Waals surface area (Å²) in [6.07, 6.45) is 0.987. The Balaban J connectivity index is 3.15. The van der Waals surface area contributed by atoms with Crippen LogP contribution in [0, 0.1) is 10.1 Å². The minimum absolute atomic E-state index is 0.0405. The van der Waals surface area contributed by atoms with Crippen LogP contribution in [0.5, 0.6) is 0 Å². The molecular weight excluding hydrogens is 270 g/mol. The zero-order valence-corrected chi connectivity index (χ0v) is 11.4. The zero-order chi connectivity index (χ0) is 14.5. The highest BCUT2D eigenvalue weighted by molar-refractivity contribution is 7.89. The van der Waals surface area contributed by atoms with Crippen LogP contribution in [-0.2, 0) is 16.4 Å². The van der Waals surface area contributed by atoms with Crippen molar-refractivity contribution >= 4 is 15.7 Å². The van der Waals surface area contributed by atoms with Crippen molar-refractivity contribution in [3.63, 3.8) is 0 Å². The molecule has 0 aliphatic heterocycles. The van der Waals surface area contributed by atoms with Gasteiger partial charge in [-0.15, -0.1) is 0 Å². The first-order valence-electron chi connectivity index (χ1n) is 5.89. The maximum atomic E-state index is 12.1. The number of hydrogen-bond donors (Lipinski definition) is 2. The van der Waals surface area contributed by atoms with Crippen LogP contribution in [0.25, 0.3) is 0 Å². The third kappa shape index (κ3) is 3.98. The lowest BCUT2D eigenvalue weighted by Crippen LogP contribution is -2.27. The summed E-state index contributed by atoms with van der Waals surface area (Å²) in [7, 11) is -3.74. The average Bonchev–Trinajstić information content (AvgIpc) is 2.38. The van der Waals surface area contributed by atoms with Crippen molar-refractivity contribution in [3.8, 4) is 0 Å². The van der Waals surface area contributed by atoms with Crippen molar-refractivity contribution in [2.45, 2.75) is 24.7 Å². The van der Waals surface area contributed by atoms with E-state index in [9.17, 15) is 18.5 Å². The highest BCUT2D eigenvalue weighted by Crippen LogP contribution is 2.22. The van der Waals surface area contributed by atoms with Crippen molar-refractivity contribution in [1.29, 1.82) is 0 Å². The number of nitrogens with zero attached hydrogens (tertiary/aromatic N) is 1. The quantitative estimate of drug-likeness (QED) is 0.437. The Morgan fingerprint density at radius 3 is 2.63 bits per heavy atom. The Labute approximate surface area is 112 Å². The molecule has 0 spiro atoms. The van der Waals surface area contributed by atoms with Gasteiger partial charge >= 0.3 is 0 Å². The molecule has 1 aromatic rings. The minimum atomic E-state index is -3.74. The van der Waals surface area contributed by atoms with Gasteiger partial charge in [0.25, 0.3) is 5.69 Å². The third-order valence-corrected chi connectivity index (χ3v) is 4.15. The monoisotopic (exact) mass is 287 g/mol. The maximum absolute atomic E-state index is 12.1. The second-order valence-electron chi connectivity index (χ2n) is 3.94. The van der Waals surface area contributed by atoms with E-state index in [-0.39, 0.29) is 17.1 Å². The second-order valence-corrected chi connectivity index (χ2v) is 5.68. The van der Waals surface area contributed by atoms with Crippen LogP contribution in [0.1, 0.15) is 18.9 Å². The number of nitro groups is 1. The third-order valence-electron chi connectivity index (χ3n) is 2.60. The van der Waals surface area contributed by atoms with Crippen LogP contribution in [0.4, 0.5) is 5.69 Å². The van der Waals surface area contributed by atoms with E-state index in [4.69, 9.17) is 5.73 Å². The predicted octanol–water partition coefficient (Wildman–Crippen LogP) is 0.784. The van der Waals surface area contributed by atoms with Gasteiger partial charge in [0.15, 0.2) is 0 Å². The molecule has 3 N–H and O–H groups in total. The number of non-ortho nitro benzene ring substituents is 1. The molecule has 0 saturated heterocycles. The van der Waals surface area contributed by atoms with Gasteiger partial charge in [0.1, 0.15) is 0 Å². The van der Waals surface area contributed by atoms with Gasteiger partial charge < -0.3 is 5.73 Å². The van der Waals surface area contributed by atoms with Crippen molar-refractivity contribution in [2.75, 3.05) is 13.1 Å². The molecule has 7 nitrogen and oxygen atoms in total. The van der Waals surface area contributed by atoms with Gasteiger partial charge in [-0.3, -0.25) is 10.1 Å². The number of sulfonamides is 1. The lowest BCUT2D eigenvalue weighted by Gasteiger charge is -2.10. The summed E-state index contributed by atoms with van der Waals surface area (Å²) in [4.78, 5) is 10.1. The SMILES string of the molecule is CCc1ccc([N+](=O)[O-])cc1S(=O)(=O)NCCCN. The molecule has 0 unspecified atom stereocenters. The molecule has 0 amide bonds. The second kappa shape index (κ2) is 6.60. The van der Waals surface area contributed by atoms with Crippen LogP contribution in [0.3, 0.4) is 0 Å². The Bertz CT molecular complexity index is 557. The molecule has 0 saturated carbocycles. The molecular formula is C11H17N3O4S. The van der Waals surface area contributed by atoms with Gasteiger partial charge in [-0.25, -0.2) is 13.1 Å². The van der Waals surface area contributed by atoms with Gasteiger partial charge in [0.2, 0.25) is 10.0 Å². The Morgan fingerprint density at radius 2 is 2.11 bits per heavy atom. The van der Waals surface area contributed by atoms with Gasteiger partial charge in [0, 0.05) is 18.7 Å². The number of benzene rings is 1. The van der Waals surface area contributed by atoms with E-state index in [0.29, 0.717) is 24.9 Å². The average molecular weight is 287 g/mol. The van der Waals surface area contributed by atoms with Gasteiger partial charge in [-0.1, -0.05) is 13.0 Å². The maximum Gasteiger partial charge on any atom is 0.270 e. The van der Waals surface area contributed by atoms with E-state index >= 15 is 0 Å². The highest BCUT2D eigenvalue weighted by Gasteiger charge is 2.20. The van der Waals surface area contributed by atoms with Gasteiger partial charge in [0.05, 0.1) is 9.82 Å². The summed E-state index contributed by atoms with van der Waals surface area (Å²) >= 11 is 0. The van der Waals surface area contributed by atoms with Gasteiger partial charge in [-0.2, -0.15) is 0 Å². The van der Waals surface area contributed by atoms with Crippen molar-refractivity contribution in [1.82, 2.24) is 4.72 Å². The fourth-order valence-electron chi connectivity index (χ4n) is 1.59. The Morgan fingerprint density at radius 1 is 1.42 bits per heavy atom. The lowest BCUT2D eigenvalue weighted by atomic mass is 10.1. The van der Waals surface area contributed by atoms with E-state index in [0.717, 1.165) is 6.07 Å². The molecule has 0 bridgehead atoms. The largest absolute Gasteiger partial charge is 0.330 e. The molecule has 0 radical (unpaired) electrons. The highest BCUT2D eigenvalue weighted by atomic mass is 32.2. The number of nitrogens with one attached hydrogen (secondary N) is 1. The molecule has 8 heteroatoms. The summed E-state index contributed by atoms with van der Waals surface area (Å²) in [5.74, 6) is 0. The first-order valence-corrected chi connectivity index (χ1v) is 7.37. The Kier molecular flexibility index (Phi) is 5.40. The standard InChI is InChI=1S/C11H17N3O4S/c1-2-9-4-5-10(14(15)16)8-11(9)19(17,18)13-7-3-6-12/h4-5,8,13H,2-3,6-7,12H2,1H3. The molecule has 1 aromatic carbocycles. The van der Waals surface area contributed by atoms with Crippen LogP contribution in [0.15, 0.2) is 23.1 Å². The molecule has 0 fully saturated rings. The summed E-state index contributed by atoms with van der Waals surface area (Å²) in [5.41, 5.74) is 5.60. The molecule has 0 aliphatic rings. The fourth-order valence-corrected chi connectivity index (χ4v) is 2.99. The van der Waals surface area contributed by atoms with E-state index in [1.165, 1.54) is 12.1 Å². The molecule has 0 atom stereocenters. The van der Waals surface area contributed by atoms with E-state index < -0.39 is 14.9 Å². The molecule has 19 heavy (non-hydrogen) atoms. The molecule has 0 aromatic heterocycles. The van der Waals surface area contributed by atoms with Crippen molar-refractivity contribution < 1.29 is 13.3 Å². The molecule has 1 rings (SSSR count). The number of hydrogen-bond acceptors (Lipinski definition) is 5. The molecule has 0 heterocycles. The lowest BCUT2D eigenvalue weighted by molar-refractivity contribution is -0.385. The van der Waals surface area contributed by atoms with Crippen LogP contribution in [0.2, 0.25) is 0 Å². The number of nitrogens with two attached hydrogens (primary N) is 1. The van der Waals surface area contributed by atoms with Crippen LogP contribution < -0.4 is 10.5 Å². The number of aryl methyl sites for hydroxylation is 1. The van der Waals surface area contributed by atoms with Gasteiger partial charge in [-0.05, 0) is 24.9 Å². The van der Waals surface area contributed by atoms with Crippen LogP contribution in [-0.4, -0.2) is 26.4 Å². The molecule has 106 valence electrons. The summed E-state index contributed by atoms with van der Waals surface area (Å²) in [5, 5.41) is 10.7. The molecule has 0 aliphatic carbocycles. The minimum Gasteiger partial charge on any atom is -0.330 e. The van der Waals surface area contributed by atoms with Crippen LogP contribution >= 0.6 is 0 Å². The first kappa shape index (κ1) is 15.5. The topological polar surface area (TPSA) is 115 Å². The predicted molar refractivity (Wildman–Crippen MR) is 71.3 cm³/mol. The van der Waals surface area contributed by atoms with Crippen molar-refractivity contribution in [2.24, 2.45) is 5.73 Å². The first-order chi connectivity index (χ1) is 8.92. The summed E-state index contributed by atoms with van der Waals surface area (Å²) in [6, 6.07) is 3.86. The zero-order valence-electron chi connectivity index (χ0n) is 10.6. The number of nitro benzene ring substituents is 1. The van der Waals surface area contributed by atoms with E-state index in [1.807, 2.05) is 0 Å². The fraction of sp³-hybridized carbons (Fsp3) is 0.455. The van der Waals surface area contributed by atoms with Crippen molar-refractivity contribution in [3.05, 3.63) is 33.9 Å². The number of rotatable bonds is 7. The van der Waals surface area contributed by atoms with E-state index in [2.05, 4.69) is 4.72 Å². The smallest absolute Gasteiger partial charge is 0.270 e.